The second-order valence-corrected chi connectivity index (χ2v) is 7.45. The summed E-state index contributed by atoms with van der Waals surface area (Å²) in [4.78, 5) is 4.61. The second kappa shape index (κ2) is 7.64. The Morgan fingerprint density at radius 1 is 1.20 bits per heavy atom. The molecule has 0 atom stereocenters. The molecule has 0 aliphatic rings. The van der Waals surface area contributed by atoms with Crippen molar-refractivity contribution in [2.75, 3.05) is 5.32 Å². The number of aromatic nitrogens is 1. The highest BCUT2D eigenvalue weighted by molar-refractivity contribution is 9.10. The van der Waals surface area contributed by atoms with Gasteiger partial charge < -0.3 is 5.32 Å². The summed E-state index contributed by atoms with van der Waals surface area (Å²) in [7, 11) is 0. The highest BCUT2D eigenvalue weighted by Crippen LogP contribution is 2.27. The van der Waals surface area contributed by atoms with Gasteiger partial charge in [0.25, 0.3) is 0 Å². The van der Waals surface area contributed by atoms with Gasteiger partial charge in [0, 0.05) is 27.3 Å². The molecule has 3 nitrogen and oxygen atoms in total. The van der Waals surface area contributed by atoms with Crippen molar-refractivity contribution < 1.29 is 0 Å². The molecule has 0 fully saturated rings. The normalized spacial score (nSPS) is 11.2. The third-order valence-electron chi connectivity index (χ3n) is 3.76. The molecule has 0 saturated heterocycles. The molecule has 3 aromatic rings. The molecule has 5 heteroatoms. The fraction of sp³-hybridized carbons (Fsp3) is 0.100. The molecule has 1 aromatic heterocycles. The highest BCUT2D eigenvalue weighted by Gasteiger charge is 2.09. The molecule has 0 amide bonds. The number of thiazole rings is 1. The van der Waals surface area contributed by atoms with Gasteiger partial charge in [0.1, 0.15) is 16.6 Å². The van der Waals surface area contributed by atoms with Crippen LogP contribution >= 0.6 is 27.3 Å². The van der Waals surface area contributed by atoms with E-state index in [-0.39, 0.29) is 0 Å². The van der Waals surface area contributed by atoms with Crippen molar-refractivity contribution in [2.45, 2.75) is 13.8 Å². The molecule has 0 bridgehead atoms. The molecule has 0 saturated carbocycles. The first-order valence-corrected chi connectivity index (χ1v) is 9.40. The molecule has 124 valence electrons. The van der Waals surface area contributed by atoms with Gasteiger partial charge in [0.2, 0.25) is 0 Å². The molecule has 3 rings (SSSR count). The van der Waals surface area contributed by atoms with Crippen molar-refractivity contribution in [3.8, 4) is 17.3 Å². The van der Waals surface area contributed by atoms with Crippen molar-refractivity contribution in [3.63, 3.8) is 0 Å². The summed E-state index contributed by atoms with van der Waals surface area (Å²) < 4.78 is 1.03. The lowest BCUT2D eigenvalue weighted by Crippen LogP contribution is -1.94. The fourth-order valence-corrected chi connectivity index (χ4v) is 3.39. The van der Waals surface area contributed by atoms with Crippen molar-refractivity contribution in [2.24, 2.45) is 0 Å². The maximum absolute atomic E-state index is 9.50. The first-order chi connectivity index (χ1) is 12.1. The Morgan fingerprint density at radius 3 is 2.68 bits per heavy atom. The molecule has 2 aromatic carbocycles. The van der Waals surface area contributed by atoms with Gasteiger partial charge in [-0.1, -0.05) is 40.2 Å². The lowest BCUT2D eigenvalue weighted by Gasteiger charge is -2.06. The van der Waals surface area contributed by atoms with Crippen molar-refractivity contribution in [3.05, 3.63) is 74.7 Å². The molecule has 0 radical (unpaired) electrons. The molecule has 25 heavy (non-hydrogen) atoms. The van der Waals surface area contributed by atoms with Gasteiger partial charge in [-0.2, -0.15) is 5.26 Å². The van der Waals surface area contributed by atoms with Crippen LogP contribution < -0.4 is 5.32 Å². The van der Waals surface area contributed by atoms with Crippen molar-refractivity contribution in [1.82, 2.24) is 4.98 Å². The van der Waals surface area contributed by atoms with Crippen LogP contribution in [0.4, 0.5) is 5.69 Å². The van der Waals surface area contributed by atoms with Gasteiger partial charge in [0.15, 0.2) is 0 Å². The average molecular weight is 410 g/mol. The summed E-state index contributed by atoms with van der Waals surface area (Å²) in [5.41, 5.74) is 5.73. The Hall–Kier alpha value is -2.42. The zero-order valence-corrected chi connectivity index (χ0v) is 16.3. The fourth-order valence-electron chi connectivity index (χ4n) is 2.33. The lowest BCUT2D eigenvalue weighted by molar-refractivity contribution is 1.35. The number of nitrogens with zero attached hydrogens (tertiary/aromatic N) is 2. The summed E-state index contributed by atoms with van der Waals surface area (Å²) in [6, 6.07) is 16.4. The van der Waals surface area contributed by atoms with Crippen LogP contribution in [0.3, 0.4) is 0 Å². The molecule has 1 N–H and O–H groups in total. The number of hydrogen-bond donors (Lipinski definition) is 1. The van der Waals surface area contributed by atoms with Gasteiger partial charge in [-0.3, -0.25) is 0 Å². The minimum absolute atomic E-state index is 0.522. The Balaban J connectivity index is 1.85. The van der Waals surface area contributed by atoms with Crippen molar-refractivity contribution in [1.29, 1.82) is 5.26 Å². The maximum Gasteiger partial charge on any atom is 0.136 e. The number of aryl methyl sites for hydroxylation is 2. The molecular formula is C20H16BrN3S. The lowest BCUT2D eigenvalue weighted by atomic mass is 10.1. The Bertz CT molecular complexity index is 965. The van der Waals surface area contributed by atoms with Gasteiger partial charge in [-0.15, -0.1) is 11.3 Å². The van der Waals surface area contributed by atoms with E-state index in [1.54, 1.807) is 6.20 Å². The topological polar surface area (TPSA) is 48.7 Å². The number of rotatable bonds is 4. The molecule has 0 unspecified atom stereocenters. The second-order valence-electron chi connectivity index (χ2n) is 5.68. The number of benzene rings is 2. The van der Waals surface area contributed by atoms with E-state index in [0.717, 1.165) is 27.0 Å². The van der Waals surface area contributed by atoms with Crippen molar-refractivity contribution >= 4 is 38.5 Å². The number of anilines is 1. The Labute approximate surface area is 159 Å². The quantitative estimate of drug-likeness (QED) is 0.524. The van der Waals surface area contributed by atoms with Crippen LogP contribution in [0.15, 0.2) is 58.5 Å². The van der Waals surface area contributed by atoms with Crippen LogP contribution in [-0.2, 0) is 0 Å². The monoisotopic (exact) mass is 409 g/mol. The van der Waals surface area contributed by atoms with Crippen LogP contribution in [0.5, 0.6) is 0 Å². The number of nitriles is 1. The number of nitrogens with one attached hydrogen (secondary N) is 1. The van der Waals surface area contributed by atoms with Gasteiger partial charge in [0.05, 0.1) is 5.69 Å². The van der Waals surface area contributed by atoms with Gasteiger partial charge in [-0.25, -0.2) is 4.98 Å². The van der Waals surface area contributed by atoms with Crippen LogP contribution in [-0.4, -0.2) is 4.98 Å². The van der Waals surface area contributed by atoms with Crippen LogP contribution in [0, 0.1) is 25.2 Å². The zero-order chi connectivity index (χ0) is 17.8. The van der Waals surface area contributed by atoms with E-state index in [9.17, 15) is 5.26 Å². The first-order valence-electron chi connectivity index (χ1n) is 7.73. The summed E-state index contributed by atoms with van der Waals surface area (Å²) >= 11 is 4.90. The predicted molar refractivity (Wildman–Crippen MR) is 108 cm³/mol. The molecule has 0 spiro atoms. The smallest absolute Gasteiger partial charge is 0.136 e. The van der Waals surface area contributed by atoms with E-state index in [1.807, 2.05) is 43.5 Å². The van der Waals surface area contributed by atoms with Crippen LogP contribution in [0.1, 0.15) is 16.1 Å². The molecule has 0 aliphatic carbocycles. The summed E-state index contributed by atoms with van der Waals surface area (Å²) in [5.74, 6) is 0. The zero-order valence-electron chi connectivity index (χ0n) is 13.9. The number of allylic oxidation sites excluding steroid dienone is 1. The van der Waals surface area contributed by atoms with Gasteiger partial charge in [-0.05, 0) is 43.2 Å². The SMILES string of the molecule is Cc1ccc(C)c(NC=C(C#N)c2nc(-c3ccc(Br)cc3)cs2)c1. The van der Waals surface area contributed by atoms with E-state index in [4.69, 9.17) is 0 Å². The Morgan fingerprint density at radius 2 is 1.96 bits per heavy atom. The first kappa shape index (κ1) is 17.4. The molecular weight excluding hydrogens is 394 g/mol. The predicted octanol–water partition coefficient (Wildman–Crippen LogP) is 6.17. The van der Waals surface area contributed by atoms with E-state index < -0.39 is 0 Å². The molecule has 0 aliphatic heterocycles. The highest BCUT2D eigenvalue weighted by atomic mass is 79.9. The summed E-state index contributed by atoms with van der Waals surface area (Å²) in [6.45, 7) is 4.08. The largest absolute Gasteiger partial charge is 0.360 e. The number of halogens is 1. The minimum Gasteiger partial charge on any atom is -0.360 e. The maximum atomic E-state index is 9.50. The summed E-state index contributed by atoms with van der Waals surface area (Å²) in [5, 5.41) is 15.4. The standard InChI is InChI=1S/C20H16BrN3S/c1-13-3-4-14(2)18(9-13)23-11-16(10-22)20-24-19(12-25-20)15-5-7-17(21)8-6-15/h3-9,11-12,23H,1-2H3. The van der Waals surface area contributed by atoms with E-state index >= 15 is 0 Å². The van der Waals surface area contributed by atoms with E-state index in [0.29, 0.717) is 10.6 Å². The van der Waals surface area contributed by atoms with E-state index in [1.165, 1.54) is 16.9 Å². The number of hydrogen-bond acceptors (Lipinski definition) is 4. The molecule has 1 heterocycles. The third kappa shape index (κ3) is 4.16. The van der Waals surface area contributed by atoms with Crippen LogP contribution in [0.25, 0.3) is 16.8 Å². The average Bonchev–Trinajstić information content (AvgIpc) is 3.09. The van der Waals surface area contributed by atoms with E-state index in [2.05, 4.69) is 50.5 Å². The minimum atomic E-state index is 0.522. The Kier molecular flexibility index (Phi) is 5.32. The van der Waals surface area contributed by atoms with Gasteiger partial charge >= 0.3 is 0 Å². The third-order valence-corrected chi connectivity index (χ3v) is 5.16. The van der Waals surface area contributed by atoms with Crippen LogP contribution in [0.2, 0.25) is 0 Å². The summed E-state index contributed by atoms with van der Waals surface area (Å²) in [6.07, 6.45) is 1.73.